The molecule has 0 saturated carbocycles. The number of ether oxygens (including phenoxy) is 1. The number of hydrogen-bond acceptors (Lipinski definition) is 4. The number of rotatable bonds is 5. The summed E-state index contributed by atoms with van der Waals surface area (Å²) in [6.07, 6.45) is 2.52. The number of nitrogens with zero attached hydrogens (tertiary/aromatic N) is 3. The number of para-hydroxylation sites is 1. The van der Waals surface area contributed by atoms with Gasteiger partial charge in [-0.3, -0.25) is 4.79 Å². The number of amides is 1. The van der Waals surface area contributed by atoms with E-state index in [1.165, 1.54) is 0 Å². The smallest absolute Gasteiger partial charge is 0.279 e. The van der Waals surface area contributed by atoms with Gasteiger partial charge in [0.25, 0.3) is 5.91 Å². The second kappa shape index (κ2) is 7.08. The molecule has 5 heteroatoms. The van der Waals surface area contributed by atoms with Gasteiger partial charge >= 0.3 is 0 Å². The van der Waals surface area contributed by atoms with Gasteiger partial charge in [0.15, 0.2) is 5.71 Å². The van der Waals surface area contributed by atoms with Crippen molar-refractivity contribution >= 4 is 23.5 Å². The number of hydrogen-bond donors (Lipinski definition) is 0. The van der Waals surface area contributed by atoms with Crippen LogP contribution in [0, 0.1) is 0 Å². The molecule has 1 amide bonds. The lowest BCUT2D eigenvalue weighted by molar-refractivity contribution is -0.112. The van der Waals surface area contributed by atoms with Gasteiger partial charge in [0.2, 0.25) is 0 Å². The Morgan fingerprint density at radius 3 is 2.58 bits per heavy atom. The highest BCUT2D eigenvalue weighted by molar-refractivity contribution is 6.54. The zero-order chi connectivity index (χ0) is 16.9. The molecule has 1 heterocycles. The molecule has 2 aromatic carbocycles. The van der Waals surface area contributed by atoms with Gasteiger partial charge in [-0.1, -0.05) is 25.1 Å². The molecule has 2 aromatic rings. The Hall–Kier alpha value is -2.95. The van der Waals surface area contributed by atoms with E-state index in [4.69, 9.17) is 4.74 Å². The maximum absolute atomic E-state index is 12.6. The van der Waals surface area contributed by atoms with Crippen molar-refractivity contribution in [2.45, 2.75) is 13.3 Å². The summed E-state index contributed by atoms with van der Waals surface area (Å²) < 4.78 is 5.12. The standard InChI is InChI=1S/C19H19N3O2/c1-3-12-22-17-7-5-4-6-16(17)18(19(22)23)21-20-13-14-8-10-15(24-2)11-9-14/h4-11,13H,3,12H2,1-2H3/b20-13-,21-18+. The molecule has 0 bridgehead atoms. The minimum Gasteiger partial charge on any atom is -0.497 e. The fourth-order valence-electron chi connectivity index (χ4n) is 2.65. The summed E-state index contributed by atoms with van der Waals surface area (Å²) in [7, 11) is 1.63. The fourth-order valence-corrected chi connectivity index (χ4v) is 2.65. The highest BCUT2D eigenvalue weighted by atomic mass is 16.5. The molecule has 0 atom stereocenters. The first kappa shape index (κ1) is 15.9. The normalized spacial score (nSPS) is 15.3. The highest BCUT2D eigenvalue weighted by Gasteiger charge is 2.33. The SMILES string of the molecule is CCCN1C(=O)/C(=N/N=C\c2ccc(OC)cc2)c2ccccc21. The Labute approximate surface area is 141 Å². The fraction of sp³-hybridized carbons (Fsp3) is 0.211. The molecule has 0 aromatic heterocycles. The van der Waals surface area contributed by atoms with Gasteiger partial charge in [-0.05, 0) is 42.3 Å². The molecule has 3 rings (SSSR count). The number of benzene rings is 2. The first-order valence-corrected chi connectivity index (χ1v) is 7.91. The average Bonchev–Trinajstić information content (AvgIpc) is 2.88. The van der Waals surface area contributed by atoms with Crippen molar-refractivity contribution < 1.29 is 9.53 Å². The van der Waals surface area contributed by atoms with Crippen LogP contribution in [-0.4, -0.2) is 31.5 Å². The highest BCUT2D eigenvalue weighted by Crippen LogP contribution is 2.29. The molecule has 122 valence electrons. The molecule has 24 heavy (non-hydrogen) atoms. The summed E-state index contributed by atoms with van der Waals surface area (Å²) in [6.45, 7) is 2.73. The Morgan fingerprint density at radius 2 is 1.88 bits per heavy atom. The zero-order valence-corrected chi connectivity index (χ0v) is 13.8. The summed E-state index contributed by atoms with van der Waals surface area (Å²) >= 11 is 0. The molecule has 0 aliphatic carbocycles. The van der Waals surface area contributed by atoms with Crippen molar-refractivity contribution in [1.29, 1.82) is 0 Å². The third-order valence-corrected chi connectivity index (χ3v) is 3.83. The lowest BCUT2D eigenvalue weighted by Crippen LogP contribution is -2.30. The first-order valence-electron chi connectivity index (χ1n) is 7.91. The molecule has 0 N–H and O–H groups in total. The second-order valence-electron chi connectivity index (χ2n) is 5.44. The van der Waals surface area contributed by atoms with Gasteiger partial charge in [0.1, 0.15) is 5.75 Å². The van der Waals surface area contributed by atoms with Gasteiger partial charge < -0.3 is 9.64 Å². The molecule has 1 aliphatic heterocycles. The second-order valence-corrected chi connectivity index (χ2v) is 5.44. The molecular weight excluding hydrogens is 302 g/mol. The van der Waals surface area contributed by atoms with Crippen LogP contribution in [0.3, 0.4) is 0 Å². The lowest BCUT2D eigenvalue weighted by Gasteiger charge is -2.14. The van der Waals surface area contributed by atoms with Crippen molar-refractivity contribution in [1.82, 2.24) is 0 Å². The van der Waals surface area contributed by atoms with Crippen LogP contribution in [0.25, 0.3) is 0 Å². The summed E-state index contributed by atoms with van der Waals surface area (Å²) in [5.74, 6) is 0.693. The topological polar surface area (TPSA) is 54.3 Å². The van der Waals surface area contributed by atoms with Gasteiger partial charge in [-0.2, -0.15) is 5.10 Å². The molecule has 0 unspecified atom stereocenters. The zero-order valence-electron chi connectivity index (χ0n) is 13.8. The Balaban J connectivity index is 1.86. The number of fused-ring (bicyclic) bond motifs is 1. The van der Waals surface area contributed by atoms with Crippen molar-refractivity contribution in [3.05, 3.63) is 59.7 Å². The van der Waals surface area contributed by atoms with E-state index in [0.717, 1.165) is 29.0 Å². The minimum atomic E-state index is -0.0927. The van der Waals surface area contributed by atoms with Crippen LogP contribution >= 0.6 is 0 Å². The lowest BCUT2D eigenvalue weighted by atomic mass is 10.1. The predicted octanol–water partition coefficient (Wildman–Crippen LogP) is 3.28. The summed E-state index contributed by atoms with van der Waals surface area (Å²) in [5.41, 5.74) is 3.03. The van der Waals surface area contributed by atoms with E-state index in [0.29, 0.717) is 12.3 Å². The summed E-state index contributed by atoms with van der Waals surface area (Å²) in [4.78, 5) is 14.3. The van der Waals surface area contributed by atoms with E-state index < -0.39 is 0 Å². The van der Waals surface area contributed by atoms with Gasteiger partial charge in [-0.25, -0.2) is 0 Å². The maximum Gasteiger partial charge on any atom is 0.279 e. The van der Waals surface area contributed by atoms with E-state index in [2.05, 4.69) is 10.2 Å². The largest absolute Gasteiger partial charge is 0.497 e. The molecule has 0 fully saturated rings. The van der Waals surface area contributed by atoms with E-state index >= 15 is 0 Å². The summed E-state index contributed by atoms with van der Waals surface area (Å²) in [6, 6.07) is 15.2. The van der Waals surface area contributed by atoms with Crippen LogP contribution < -0.4 is 9.64 Å². The van der Waals surface area contributed by atoms with Crippen LogP contribution in [0.15, 0.2) is 58.7 Å². The van der Waals surface area contributed by atoms with Crippen LogP contribution in [0.1, 0.15) is 24.5 Å². The Kier molecular flexibility index (Phi) is 4.70. The monoisotopic (exact) mass is 321 g/mol. The predicted molar refractivity (Wildman–Crippen MR) is 96.2 cm³/mol. The van der Waals surface area contributed by atoms with Crippen LogP contribution in [0.5, 0.6) is 5.75 Å². The number of methoxy groups -OCH3 is 1. The van der Waals surface area contributed by atoms with Crippen molar-refractivity contribution in [3.8, 4) is 5.75 Å². The maximum atomic E-state index is 12.6. The molecule has 0 saturated heterocycles. The number of carbonyl (C=O) groups excluding carboxylic acids is 1. The minimum absolute atomic E-state index is 0.0927. The third-order valence-electron chi connectivity index (χ3n) is 3.83. The van der Waals surface area contributed by atoms with Gasteiger partial charge in [0.05, 0.1) is 19.0 Å². The van der Waals surface area contributed by atoms with Gasteiger partial charge in [0, 0.05) is 12.1 Å². The molecule has 1 aliphatic rings. The Bertz CT molecular complexity index is 795. The van der Waals surface area contributed by atoms with Crippen LogP contribution in [-0.2, 0) is 4.79 Å². The Morgan fingerprint density at radius 1 is 1.12 bits per heavy atom. The molecule has 0 spiro atoms. The number of carbonyl (C=O) groups is 1. The molecule has 0 radical (unpaired) electrons. The van der Waals surface area contributed by atoms with Crippen molar-refractivity contribution in [2.24, 2.45) is 10.2 Å². The van der Waals surface area contributed by atoms with E-state index in [1.807, 2.05) is 55.5 Å². The van der Waals surface area contributed by atoms with Crippen molar-refractivity contribution in [3.63, 3.8) is 0 Å². The molecular formula is C19H19N3O2. The quantitative estimate of drug-likeness (QED) is 0.627. The first-order chi connectivity index (χ1) is 11.7. The van der Waals surface area contributed by atoms with E-state index in [1.54, 1.807) is 18.2 Å². The number of anilines is 1. The van der Waals surface area contributed by atoms with Gasteiger partial charge in [-0.15, -0.1) is 5.10 Å². The molecule has 5 nitrogen and oxygen atoms in total. The third kappa shape index (κ3) is 3.06. The average molecular weight is 321 g/mol. The van der Waals surface area contributed by atoms with Crippen LogP contribution in [0.2, 0.25) is 0 Å². The van der Waals surface area contributed by atoms with Crippen LogP contribution in [0.4, 0.5) is 5.69 Å². The van der Waals surface area contributed by atoms with E-state index in [9.17, 15) is 4.79 Å². The van der Waals surface area contributed by atoms with E-state index in [-0.39, 0.29) is 5.91 Å². The van der Waals surface area contributed by atoms with Crippen molar-refractivity contribution in [2.75, 3.05) is 18.6 Å². The summed E-state index contributed by atoms with van der Waals surface area (Å²) in [5, 5.41) is 8.28.